The summed E-state index contributed by atoms with van der Waals surface area (Å²) in [7, 11) is 0. The number of para-hydroxylation sites is 1. The second-order valence-electron chi connectivity index (χ2n) is 7.70. The fourth-order valence-corrected chi connectivity index (χ4v) is 4.60. The van der Waals surface area contributed by atoms with Gasteiger partial charge in [-0.25, -0.2) is 4.79 Å². The lowest BCUT2D eigenvalue weighted by molar-refractivity contribution is -0.122. The molecule has 7 heteroatoms. The monoisotopic (exact) mass is 451 g/mol. The summed E-state index contributed by atoms with van der Waals surface area (Å²) in [5.41, 5.74) is 2.22. The molecule has 0 radical (unpaired) electrons. The molecule has 1 aliphatic rings. The van der Waals surface area contributed by atoms with Crippen LogP contribution in [0.5, 0.6) is 5.75 Å². The van der Waals surface area contributed by atoms with Crippen LogP contribution in [0.2, 0.25) is 0 Å². The first-order chi connectivity index (χ1) is 14.8. The molecule has 3 aromatic rings. The van der Waals surface area contributed by atoms with Crippen molar-refractivity contribution in [3.8, 4) is 5.75 Å². The van der Waals surface area contributed by atoms with Crippen molar-refractivity contribution in [2.24, 2.45) is 5.92 Å². The number of hydrogen-bond donors (Lipinski definition) is 0. The van der Waals surface area contributed by atoms with E-state index in [1.54, 1.807) is 35.2 Å². The van der Waals surface area contributed by atoms with Crippen molar-refractivity contribution in [2.75, 3.05) is 6.54 Å². The summed E-state index contributed by atoms with van der Waals surface area (Å²) >= 11 is 6.64. The number of aryl methyl sites for hydroxylation is 1. The minimum Gasteiger partial charge on any atom is -0.449 e. The maximum absolute atomic E-state index is 12.6. The molecule has 0 saturated carbocycles. The van der Waals surface area contributed by atoms with Crippen LogP contribution in [0.3, 0.4) is 0 Å². The lowest BCUT2D eigenvalue weighted by Gasteiger charge is -2.16. The molecule has 1 aromatic heterocycles. The molecule has 5 nitrogen and oxygen atoms in total. The number of fused-ring (bicyclic) bond motifs is 1. The van der Waals surface area contributed by atoms with Crippen LogP contribution in [0.1, 0.15) is 35.5 Å². The second-order valence-corrected chi connectivity index (χ2v) is 9.37. The highest BCUT2D eigenvalue weighted by Gasteiger charge is 2.32. The van der Waals surface area contributed by atoms with Crippen molar-refractivity contribution in [3.63, 3.8) is 0 Å². The minimum absolute atomic E-state index is 0.0698. The summed E-state index contributed by atoms with van der Waals surface area (Å²) in [6.07, 6.45) is 1.80. The molecule has 158 valence electrons. The Morgan fingerprint density at radius 1 is 1.19 bits per heavy atom. The van der Waals surface area contributed by atoms with E-state index in [1.165, 1.54) is 11.8 Å². The Bertz CT molecular complexity index is 1210. The van der Waals surface area contributed by atoms with Gasteiger partial charge in [0, 0.05) is 17.5 Å². The van der Waals surface area contributed by atoms with E-state index in [-0.39, 0.29) is 11.7 Å². The number of benzene rings is 2. The molecule has 0 aliphatic carbocycles. The molecule has 2 aromatic carbocycles. The molecule has 0 N–H and O–H groups in total. The third-order valence-corrected chi connectivity index (χ3v) is 6.22. The highest BCUT2D eigenvalue weighted by molar-refractivity contribution is 8.26. The number of furan rings is 1. The fourth-order valence-electron chi connectivity index (χ4n) is 3.33. The SMILES string of the molecule is Cc1c(C(=O)Oc2ccc(C=C3SC(=S)N(CC(C)C)C3=O)cc2)oc2ccccc12. The van der Waals surface area contributed by atoms with Crippen LogP contribution in [-0.2, 0) is 4.79 Å². The molecule has 1 fully saturated rings. The van der Waals surface area contributed by atoms with Gasteiger partial charge in [0.05, 0.1) is 4.91 Å². The Morgan fingerprint density at radius 2 is 1.90 bits per heavy atom. The quantitative estimate of drug-likeness (QED) is 0.211. The number of carbonyl (C=O) groups is 2. The third kappa shape index (κ3) is 4.43. The van der Waals surface area contributed by atoms with E-state index < -0.39 is 5.97 Å². The van der Waals surface area contributed by atoms with Gasteiger partial charge in [-0.1, -0.05) is 68.2 Å². The van der Waals surface area contributed by atoms with E-state index in [0.717, 1.165) is 16.5 Å². The summed E-state index contributed by atoms with van der Waals surface area (Å²) in [6, 6.07) is 14.5. The Hall–Kier alpha value is -2.90. The van der Waals surface area contributed by atoms with Crippen molar-refractivity contribution in [1.82, 2.24) is 4.90 Å². The predicted octanol–water partition coefficient (Wildman–Crippen LogP) is 5.82. The van der Waals surface area contributed by atoms with Crippen LogP contribution in [0.4, 0.5) is 0 Å². The summed E-state index contributed by atoms with van der Waals surface area (Å²) in [4.78, 5) is 27.4. The van der Waals surface area contributed by atoms with Gasteiger partial charge in [-0.3, -0.25) is 9.69 Å². The summed E-state index contributed by atoms with van der Waals surface area (Å²) in [6.45, 7) is 6.54. The van der Waals surface area contributed by atoms with Gasteiger partial charge in [0.25, 0.3) is 5.91 Å². The normalized spacial score (nSPS) is 15.5. The molecule has 1 aliphatic heterocycles. The van der Waals surface area contributed by atoms with Gasteiger partial charge in [-0.2, -0.15) is 0 Å². The molecule has 0 spiro atoms. The standard InChI is InChI=1S/C24H21NO4S2/c1-14(2)13-25-22(26)20(31-24(25)30)12-16-8-10-17(11-9-16)28-23(27)21-15(3)18-6-4-5-7-19(18)29-21/h4-12,14H,13H2,1-3H3. The Labute approximate surface area is 190 Å². The van der Waals surface area contributed by atoms with Gasteiger partial charge in [0.15, 0.2) is 0 Å². The highest BCUT2D eigenvalue weighted by atomic mass is 32.2. The molecule has 1 saturated heterocycles. The van der Waals surface area contributed by atoms with Crippen LogP contribution in [0.25, 0.3) is 17.0 Å². The van der Waals surface area contributed by atoms with Crippen molar-refractivity contribution >= 4 is 57.2 Å². The zero-order valence-corrected chi connectivity index (χ0v) is 19.0. The topological polar surface area (TPSA) is 59.8 Å². The first kappa shape index (κ1) is 21.3. The largest absolute Gasteiger partial charge is 0.449 e. The Balaban J connectivity index is 1.48. The van der Waals surface area contributed by atoms with E-state index in [4.69, 9.17) is 21.4 Å². The number of nitrogens with zero attached hydrogens (tertiary/aromatic N) is 1. The lowest BCUT2D eigenvalue weighted by atomic mass is 10.1. The van der Waals surface area contributed by atoms with Crippen molar-refractivity contribution in [3.05, 3.63) is 70.3 Å². The predicted molar refractivity (Wildman–Crippen MR) is 127 cm³/mol. The average Bonchev–Trinajstić information content (AvgIpc) is 3.21. The van der Waals surface area contributed by atoms with Crippen LogP contribution in [0, 0.1) is 12.8 Å². The van der Waals surface area contributed by atoms with Gasteiger partial charge in [-0.05, 0) is 42.7 Å². The maximum atomic E-state index is 12.6. The number of esters is 1. The zero-order chi connectivity index (χ0) is 22.1. The molecule has 0 unspecified atom stereocenters. The summed E-state index contributed by atoms with van der Waals surface area (Å²) in [5.74, 6) is 0.315. The molecule has 0 bridgehead atoms. The van der Waals surface area contributed by atoms with Crippen LogP contribution < -0.4 is 4.74 Å². The number of thioether (sulfide) groups is 1. The zero-order valence-electron chi connectivity index (χ0n) is 17.4. The first-order valence-corrected chi connectivity index (χ1v) is 11.1. The van der Waals surface area contributed by atoms with Crippen LogP contribution >= 0.6 is 24.0 Å². The summed E-state index contributed by atoms with van der Waals surface area (Å²) in [5, 5.41) is 0.888. The molecule has 4 rings (SSSR count). The van der Waals surface area contributed by atoms with E-state index in [2.05, 4.69) is 13.8 Å². The highest BCUT2D eigenvalue weighted by Crippen LogP contribution is 2.33. The van der Waals surface area contributed by atoms with Gasteiger partial charge in [-0.15, -0.1) is 0 Å². The van der Waals surface area contributed by atoms with Crippen molar-refractivity contribution in [2.45, 2.75) is 20.8 Å². The molecular weight excluding hydrogens is 430 g/mol. The van der Waals surface area contributed by atoms with E-state index in [9.17, 15) is 9.59 Å². The number of hydrogen-bond acceptors (Lipinski definition) is 6. The van der Waals surface area contributed by atoms with Gasteiger partial charge >= 0.3 is 5.97 Å². The van der Waals surface area contributed by atoms with E-state index in [1.807, 2.05) is 31.2 Å². The second kappa shape index (κ2) is 8.69. The number of carbonyl (C=O) groups excluding carboxylic acids is 2. The third-order valence-electron chi connectivity index (χ3n) is 4.84. The maximum Gasteiger partial charge on any atom is 0.379 e. The Kier molecular flexibility index (Phi) is 5.98. The smallest absolute Gasteiger partial charge is 0.379 e. The Morgan fingerprint density at radius 3 is 2.58 bits per heavy atom. The van der Waals surface area contributed by atoms with E-state index >= 15 is 0 Å². The molecule has 1 amide bonds. The number of thiocarbonyl (C=S) groups is 1. The molecule has 0 atom stereocenters. The van der Waals surface area contributed by atoms with Crippen LogP contribution in [0.15, 0.2) is 57.9 Å². The first-order valence-electron chi connectivity index (χ1n) is 9.89. The number of ether oxygens (including phenoxy) is 1. The van der Waals surface area contributed by atoms with Crippen LogP contribution in [-0.4, -0.2) is 27.6 Å². The fraction of sp³-hybridized carbons (Fsp3) is 0.208. The van der Waals surface area contributed by atoms with E-state index in [0.29, 0.717) is 33.0 Å². The summed E-state index contributed by atoms with van der Waals surface area (Å²) < 4.78 is 11.7. The number of rotatable bonds is 5. The van der Waals surface area contributed by atoms with Crippen molar-refractivity contribution in [1.29, 1.82) is 0 Å². The van der Waals surface area contributed by atoms with Crippen molar-refractivity contribution < 1.29 is 18.7 Å². The molecule has 2 heterocycles. The number of amides is 1. The van der Waals surface area contributed by atoms with Gasteiger partial charge in [0.2, 0.25) is 5.76 Å². The van der Waals surface area contributed by atoms with Gasteiger partial charge in [0.1, 0.15) is 15.7 Å². The molecular formula is C24H21NO4S2. The average molecular weight is 452 g/mol. The van der Waals surface area contributed by atoms with Gasteiger partial charge < -0.3 is 9.15 Å². The minimum atomic E-state index is -0.545. The molecule has 31 heavy (non-hydrogen) atoms. The lowest BCUT2D eigenvalue weighted by Crippen LogP contribution is -2.31.